The third-order valence-electron chi connectivity index (χ3n) is 6.96. The Hall–Kier alpha value is -3.80. The number of pyridine rings is 1. The zero-order valence-electron chi connectivity index (χ0n) is 22.6. The summed E-state index contributed by atoms with van der Waals surface area (Å²) < 4.78 is 53.0. The van der Waals surface area contributed by atoms with E-state index in [0.717, 1.165) is 11.1 Å². The SMILES string of the molecule is Cn1cc(F)c(N2C[C@](C)(c3cccc(Cl)c3F)c3c(cnc(NC4CN(C(=O)OC(C)(C)C)C4)c3F)C2=O)n1. The van der Waals surface area contributed by atoms with Gasteiger partial charge in [-0.3, -0.25) is 14.4 Å². The number of nitrogens with one attached hydrogen (secondary N) is 1. The highest BCUT2D eigenvalue weighted by atomic mass is 35.5. The van der Waals surface area contributed by atoms with E-state index in [0.29, 0.717) is 0 Å². The molecule has 0 radical (unpaired) electrons. The van der Waals surface area contributed by atoms with Crippen molar-refractivity contribution in [2.75, 3.05) is 29.9 Å². The summed E-state index contributed by atoms with van der Waals surface area (Å²) in [4.78, 5) is 32.5. The fraction of sp³-hybridized carbons (Fsp3) is 0.407. The van der Waals surface area contributed by atoms with Crippen LogP contribution in [0.5, 0.6) is 0 Å². The van der Waals surface area contributed by atoms with E-state index in [1.165, 1.54) is 41.0 Å². The van der Waals surface area contributed by atoms with Gasteiger partial charge in [-0.25, -0.2) is 22.9 Å². The molecule has 5 rings (SSSR count). The van der Waals surface area contributed by atoms with Gasteiger partial charge in [-0.15, -0.1) is 0 Å². The molecule has 0 saturated carbocycles. The Bertz CT molecular complexity index is 1520. The number of halogens is 4. The van der Waals surface area contributed by atoms with E-state index in [9.17, 15) is 14.0 Å². The van der Waals surface area contributed by atoms with Gasteiger partial charge in [0, 0.05) is 49.4 Å². The summed E-state index contributed by atoms with van der Waals surface area (Å²) in [6, 6.07) is 3.99. The molecule has 0 spiro atoms. The van der Waals surface area contributed by atoms with E-state index in [2.05, 4.69) is 15.4 Å². The first-order valence-electron chi connectivity index (χ1n) is 12.6. The number of amides is 2. The number of nitrogens with zero attached hydrogens (tertiary/aromatic N) is 5. The van der Waals surface area contributed by atoms with Gasteiger partial charge in [-0.05, 0) is 33.8 Å². The van der Waals surface area contributed by atoms with Gasteiger partial charge in [0.15, 0.2) is 23.3 Å². The smallest absolute Gasteiger partial charge is 0.410 e. The highest BCUT2D eigenvalue weighted by Gasteiger charge is 2.47. The maximum atomic E-state index is 16.3. The number of carbonyl (C=O) groups excluding carboxylic acids is 2. The van der Waals surface area contributed by atoms with Crippen LogP contribution in [0.1, 0.15) is 49.2 Å². The lowest BCUT2D eigenvalue weighted by Crippen LogP contribution is -2.58. The van der Waals surface area contributed by atoms with Crippen molar-refractivity contribution in [2.24, 2.45) is 7.05 Å². The fourth-order valence-corrected chi connectivity index (χ4v) is 5.27. The van der Waals surface area contributed by atoms with E-state index < -0.39 is 40.5 Å². The van der Waals surface area contributed by atoms with Crippen LogP contribution in [-0.4, -0.2) is 62.9 Å². The summed E-state index contributed by atoms with van der Waals surface area (Å²) in [7, 11) is 1.49. The van der Waals surface area contributed by atoms with Crippen LogP contribution in [0.4, 0.5) is 29.6 Å². The maximum absolute atomic E-state index is 16.3. The van der Waals surface area contributed by atoms with Crippen molar-refractivity contribution in [1.82, 2.24) is 19.7 Å². The molecular weight excluding hydrogens is 549 g/mol. The molecule has 0 aliphatic carbocycles. The van der Waals surface area contributed by atoms with Crippen LogP contribution >= 0.6 is 11.6 Å². The molecule has 2 aliphatic heterocycles. The third kappa shape index (κ3) is 4.74. The zero-order chi connectivity index (χ0) is 29.1. The minimum absolute atomic E-state index is 0.0193. The van der Waals surface area contributed by atoms with Gasteiger partial charge in [0.05, 0.1) is 22.8 Å². The molecule has 9 nitrogen and oxygen atoms in total. The molecule has 1 atom stereocenters. The molecule has 1 N–H and O–H groups in total. The summed E-state index contributed by atoms with van der Waals surface area (Å²) in [6.07, 6.45) is 1.79. The summed E-state index contributed by atoms with van der Waals surface area (Å²) in [6.45, 7) is 7.02. The molecule has 0 unspecified atom stereocenters. The minimum atomic E-state index is -1.51. The number of fused-ring (bicyclic) bond motifs is 1. The van der Waals surface area contributed by atoms with Gasteiger partial charge >= 0.3 is 6.09 Å². The molecule has 0 bridgehead atoms. The van der Waals surface area contributed by atoms with E-state index in [1.54, 1.807) is 27.7 Å². The maximum Gasteiger partial charge on any atom is 0.410 e. The summed E-state index contributed by atoms with van der Waals surface area (Å²) >= 11 is 6.09. The standard InChI is InChI=1S/C27H28ClF3N6O3/c1-26(2,3)40-25(39)36-10-14(11-36)33-22-21(31)19-15(9-32-22)24(38)37(23-18(29)12-35(5)34-23)13-27(19,4)16-7-6-8-17(28)20(16)30/h6-9,12,14H,10-11,13H2,1-5H3,(H,32,33)/t27-/m1/s1. The Morgan fingerprint density at radius 2 is 1.90 bits per heavy atom. The van der Waals surface area contributed by atoms with Crippen molar-refractivity contribution in [1.29, 1.82) is 0 Å². The number of aromatic nitrogens is 3. The third-order valence-corrected chi connectivity index (χ3v) is 7.26. The summed E-state index contributed by atoms with van der Waals surface area (Å²) in [5, 5.41) is 6.85. The lowest BCUT2D eigenvalue weighted by atomic mass is 9.71. The first-order valence-corrected chi connectivity index (χ1v) is 13.0. The summed E-state index contributed by atoms with van der Waals surface area (Å²) in [5.41, 5.74) is -2.41. The van der Waals surface area contributed by atoms with Gasteiger partial charge in [0.25, 0.3) is 5.91 Å². The predicted molar refractivity (Wildman–Crippen MR) is 142 cm³/mol. The number of hydrogen-bond acceptors (Lipinski definition) is 6. The van der Waals surface area contributed by atoms with Gasteiger partial charge in [0.1, 0.15) is 11.4 Å². The van der Waals surface area contributed by atoms with Crippen molar-refractivity contribution < 1.29 is 27.5 Å². The molecule has 1 aromatic carbocycles. The number of hydrogen-bond donors (Lipinski definition) is 1. The number of benzene rings is 1. The molecule has 13 heteroatoms. The Morgan fingerprint density at radius 1 is 1.20 bits per heavy atom. The van der Waals surface area contributed by atoms with Crippen LogP contribution in [0.3, 0.4) is 0 Å². The van der Waals surface area contributed by atoms with Crippen molar-refractivity contribution in [3.63, 3.8) is 0 Å². The second kappa shape index (κ2) is 9.69. The molecule has 3 aromatic rings. The largest absolute Gasteiger partial charge is 0.444 e. The quantitative estimate of drug-likeness (QED) is 0.476. The van der Waals surface area contributed by atoms with Crippen LogP contribution in [0.2, 0.25) is 5.02 Å². The highest BCUT2D eigenvalue weighted by Crippen LogP contribution is 2.45. The highest BCUT2D eigenvalue weighted by molar-refractivity contribution is 6.30. The Labute approximate surface area is 233 Å². The molecule has 212 valence electrons. The van der Waals surface area contributed by atoms with Crippen molar-refractivity contribution in [3.8, 4) is 0 Å². The lowest BCUT2D eigenvalue weighted by molar-refractivity contribution is 0.0104. The first kappa shape index (κ1) is 27.8. The van der Waals surface area contributed by atoms with Crippen molar-refractivity contribution >= 4 is 35.2 Å². The van der Waals surface area contributed by atoms with Crippen LogP contribution in [0.15, 0.2) is 30.6 Å². The number of anilines is 2. The van der Waals surface area contributed by atoms with Crippen LogP contribution in [-0.2, 0) is 17.2 Å². The predicted octanol–water partition coefficient (Wildman–Crippen LogP) is 4.88. The Balaban J connectivity index is 1.53. The Kier molecular flexibility index (Phi) is 6.72. The second-order valence-corrected chi connectivity index (χ2v) is 11.6. The molecule has 4 heterocycles. The molecule has 2 aliphatic rings. The van der Waals surface area contributed by atoms with E-state index in [4.69, 9.17) is 16.3 Å². The minimum Gasteiger partial charge on any atom is -0.444 e. The van der Waals surface area contributed by atoms with E-state index >= 15 is 8.78 Å². The van der Waals surface area contributed by atoms with Crippen LogP contribution in [0, 0.1) is 17.5 Å². The van der Waals surface area contributed by atoms with Gasteiger partial charge in [-0.1, -0.05) is 23.7 Å². The zero-order valence-corrected chi connectivity index (χ0v) is 23.3. The number of likely N-dealkylation sites (tertiary alicyclic amines) is 1. The molecule has 40 heavy (non-hydrogen) atoms. The molecular formula is C27H28ClF3N6O3. The molecule has 2 aromatic heterocycles. The van der Waals surface area contributed by atoms with Gasteiger partial charge < -0.3 is 15.0 Å². The van der Waals surface area contributed by atoms with Crippen LogP contribution < -0.4 is 10.2 Å². The molecule has 2 amide bonds. The Morgan fingerprint density at radius 3 is 2.52 bits per heavy atom. The molecule has 1 fully saturated rings. The van der Waals surface area contributed by atoms with Crippen LogP contribution in [0.25, 0.3) is 0 Å². The summed E-state index contributed by atoms with van der Waals surface area (Å²) in [5.74, 6) is -3.57. The van der Waals surface area contributed by atoms with Crippen molar-refractivity contribution in [3.05, 3.63) is 69.8 Å². The topological polar surface area (TPSA) is 92.6 Å². The lowest BCUT2D eigenvalue weighted by Gasteiger charge is -2.42. The van der Waals surface area contributed by atoms with E-state index in [-0.39, 0.29) is 59.0 Å². The number of ether oxygens (including phenoxy) is 1. The number of carbonyl (C=O) groups is 2. The number of rotatable bonds is 4. The van der Waals surface area contributed by atoms with Gasteiger partial charge in [-0.2, -0.15) is 5.10 Å². The monoisotopic (exact) mass is 576 g/mol. The van der Waals surface area contributed by atoms with Crippen molar-refractivity contribution in [2.45, 2.75) is 44.8 Å². The molecule has 1 saturated heterocycles. The van der Waals surface area contributed by atoms with Gasteiger partial charge in [0.2, 0.25) is 0 Å². The number of aryl methyl sites for hydroxylation is 1. The first-order chi connectivity index (χ1) is 18.7. The van der Waals surface area contributed by atoms with E-state index in [1.807, 2.05) is 0 Å². The average Bonchev–Trinajstić information content (AvgIpc) is 3.17. The average molecular weight is 577 g/mol. The second-order valence-electron chi connectivity index (χ2n) is 11.2. The normalized spacial score (nSPS) is 19.4. The fourth-order valence-electron chi connectivity index (χ4n) is 5.09.